The summed E-state index contributed by atoms with van der Waals surface area (Å²) in [6, 6.07) is 13.7. The van der Waals surface area contributed by atoms with Crippen LogP contribution in [0.5, 0.6) is 0 Å². The number of rotatable bonds is 2. The van der Waals surface area contributed by atoms with E-state index in [2.05, 4.69) is 29.6 Å². The van der Waals surface area contributed by atoms with Crippen molar-refractivity contribution in [1.29, 1.82) is 0 Å². The van der Waals surface area contributed by atoms with Gasteiger partial charge in [0.05, 0.1) is 6.04 Å². The Labute approximate surface area is 147 Å². The van der Waals surface area contributed by atoms with Crippen LogP contribution in [0.4, 0.5) is 9.18 Å². The highest BCUT2D eigenvalue weighted by atomic mass is 19.1. The van der Waals surface area contributed by atoms with Gasteiger partial charge in [-0.25, -0.2) is 9.18 Å². The first-order chi connectivity index (χ1) is 12.1. The summed E-state index contributed by atoms with van der Waals surface area (Å²) in [5.41, 5.74) is 4.41. The maximum Gasteiger partial charge on any atom is 0.317 e. The van der Waals surface area contributed by atoms with Gasteiger partial charge in [0.15, 0.2) is 0 Å². The monoisotopic (exact) mass is 338 g/mol. The number of halogens is 1. The van der Waals surface area contributed by atoms with Gasteiger partial charge in [-0.1, -0.05) is 36.4 Å². The predicted molar refractivity (Wildman–Crippen MR) is 96.0 cm³/mol. The zero-order valence-electron chi connectivity index (χ0n) is 14.5. The minimum atomic E-state index is -0.161. The van der Waals surface area contributed by atoms with Crippen molar-refractivity contribution in [2.24, 2.45) is 0 Å². The molecule has 0 radical (unpaired) electrons. The van der Waals surface area contributed by atoms with Gasteiger partial charge in [0, 0.05) is 13.1 Å². The molecule has 2 aromatic carbocycles. The maximum absolute atomic E-state index is 13.9. The second-order valence-corrected chi connectivity index (χ2v) is 7.12. The molecule has 0 saturated heterocycles. The molecule has 2 aromatic rings. The lowest BCUT2D eigenvalue weighted by Gasteiger charge is -2.33. The minimum absolute atomic E-state index is 0.0634. The number of hydrogen-bond acceptors (Lipinski definition) is 1. The Balaban J connectivity index is 1.44. The fraction of sp³-hybridized carbons (Fsp3) is 0.381. The van der Waals surface area contributed by atoms with Crippen LogP contribution in [0.2, 0.25) is 0 Å². The SMILES string of the molecule is CN(C(=O)NC1CCc2c(F)cccc21)C1CCc2ccccc2C1. The molecule has 0 aromatic heterocycles. The van der Waals surface area contributed by atoms with Gasteiger partial charge < -0.3 is 10.2 Å². The van der Waals surface area contributed by atoms with E-state index in [0.717, 1.165) is 36.8 Å². The van der Waals surface area contributed by atoms with Crippen molar-refractivity contribution in [1.82, 2.24) is 10.2 Å². The highest BCUT2D eigenvalue weighted by molar-refractivity contribution is 5.75. The van der Waals surface area contributed by atoms with Gasteiger partial charge in [-0.15, -0.1) is 0 Å². The number of nitrogens with one attached hydrogen (secondary N) is 1. The molecule has 4 rings (SSSR count). The molecule has 2 aliphatic carbocycles. The Morgan fingerprint density at radius 1 is 1.08 bits per heavy atom. The standard InChI is InChI=1S/C21H23FN2O/c1-24(16-10-9-14-5-2-3-6-15(14)13-16)21(25)23-20-12-11-17-18(20)7-4-8-19(17)22/h2-8,16,20H,9-13H2,1H3,(H,23,25). The summed E-state index contributed by atoms with van der Waals surface area (Å²) in [5, 5.41) is 3.10. The molecule has 2 amide bonds. The van der Waals surface area contributed by atoms with E-state index >= 15 is 0 Å². The van der Waals surface area contributed by atoms with E-state index in [1.165, 1.54) is 17.2 Å². The van der Waals surface area contributed by atoms with Gasteiger partial charge in [0.25, 0.3) is 0 Å². The van der Waals surface area contributed by atoms with Crippen molar-refractivity contribution in [2.45, 2.75) is 44.2 Å². The van der Waals surface area contributed by atoms with Crippen LogP contribution in [0.1, 0.15) is 41.1 Å². The lowest BCUT2D eigenvalue weighted by molar-refractivity contribution is 0.180. The van der Waals surface area contributed by atoms with Gasteiger partial charge in [-0.2, -0.15) is 0 Å². The molecule has 130 valence electrons. The number of likely N-dealkylation sites (N-methyl/N-ethyl adjacent to an activating group) is 1. The van der Waals surface area contributed by atoms with E-state index in [0.29, 0.717) is 6.42 Å². The largest absolute Gasteiger partial charge is 0.331 e. The second kappa shape index (κ2) is 6.51. The Morgan fingerprint density at radius 2 is 1.88 bits per heavy atom. The minimum Gasteiger partial charge on any atom is -0.331 e. The van der Waals surface area contributed by atoms with Crippen LogP contribution < -0.4 is 5.32 Å². The van der Waals surface area contributed by atoms with Crippen molar-refractivity contribution in [3.63, 3.8) is 0 Å². The summed E-state index contributed by atoms with van der Waals surface area (Å²) < 4.78 is 13.9. The quantitative estimate of drug-likeness (QED) is 0.881. The van der Waals surface area contributed by atoms with E-state index in [-0.39, 0.29) is 23.9 Å². The van der Waals surface area contributed by atoms with E-state index in [1.54, 1.807) is 6.07 Å². The normalized spacial score (nSPS) is 21.4. The van der Waals surface area contributed by atoms with Crippen LogP contribution in [0, 0.1) is 5.82 Å². The molecule has 2 unspecified atom stereocenters. The van der Waals surface area contributed by atoms with E-state index in [9.17, 15) is 9.18 Å². The van der Waals surface area contributed by atoms with Gasteiger partial charge in [-0.05, 0) is 60.4 Å². The third-order valence-corrected chi connectivity index (χ3v) is 5.70. The van der Waals surface area contributed by atoms with Crippen LogP contribution in [0.3, 0.4) is 0 Å². The van der Waals surface area contributed by atoms with Crippen molar-refractivity contribution >= 4 is 6.03 Å². The molecular formula is C21H23FN2O. The molecule has 0 aliphatic heterocycles. The summed E-state index contributed by atoms with van der Waals surface area (Å²) in [5.74, 6) is -0.161. The number of carbonyl (C=O) groups excluding carboxylic acids is 1. The Hall–Kier alpha value is -2.36. The molecule has 0 heterocycles. The van der Waals surface area contributed by atoms with Gasteiger partial charge in [0.2, 0.25) is 0 Å². The number of fused-ring (bicyclic) bond motifs is 2. The summed E-state index contributed by atoms with van der Waals surface area (Å²) >= 11 is 0. The zero-order valence-corrected chi connectivity index (χ0v) is 14.5. The van der Waals surface area contributed by atoms with Crippen LogP contribution in [0.15, 0.2) is 42.5 Å². The smallest absolute Gasteiger partial charge is 0.317 e. The third-order valence-electron chi connectivity index (χ3n) is 5.70. The molecule has 0 spiro atoms. The van der Waals surface area contributed by atoms with E-state index in [1.807, 2.05) is 18.0 Å². The molecule has 25 heavy (non-hydrogen) atoms. The lowest BCUT2D eigenvalue weighted by atomic mass is 9.88. The molecule has 0 saturated carbocycles. The third kappa shape index (κ3) is 3.01. The molecular weight excluding hydrogens is 315 g/mol. The molecule has 0 bridgehead atoms. The number of benzene rings is 2. The first kappa shape index (κ1) is 16.1. The second-order valence-electron chi connectivity index (χ2n) is 7.12. The zero-order chi connectivity index (χ0) is 17.4. The topological polar surface area (TPSA) is 32.3 Å². The van der Waals surface area contributed by atoms with Crippen molar-refractivity contribution < 1.29 is 9.18 Å². The fourth-order valence-electron chi connectivity index (χ4n) is 4.19. The fourth-order valence-corrected chi connectivity index (χ4v) is 4.19. The van der Waals surface area contributed by atoms with Gasteiger partial charge in [0.1, 0.15) is 5.82 Å². The van der Waals surface area contributed by atoms with Crippen LogP contribution >= 0.6 is 0 Å². The number of carbonyl (C=O) groups is 1. The molecule has 1 N–H and O–H groups in total. The number of hydrogen-bond donors (Lipinski definition) is 1. The van der Waals surface area contributed by atoms with Gasteiger partial charge >= 0.3 is 6.03 Å². The summed E-state index contributed by atoms with van der Waals surface area (Å²) in [7, 11) is 1.87. The molecule has 2 aliphatic rings. The first-order valence-electron chi connectivity index (χ1n) is 9.01. The average Bonchev–Trinajstić information content (AvgIpc) is 3.05. The number of urea groups is 1. The van der Waals surface area contributed by atoms with E-state index in [4.69, 9.17) is 0 Å². The highest BCUT2D eigenvalue weighted by Gasteiger charge is 2.29. The van der Waals surface area contributed by atoms with Crippen molar-refractivity contribution in [3.05, 3.63) is 70.5 Å². The van der Waals surface area contributed by atoms with E-state index < -0.39 is 0 Å². The summed E-state index contributed by atoms with van der Waals surface area (Å²) in [6.45, 7) is 0. The Bertz CT molecular complexity index is 804. The van der Waals surface area contributed by atoms with Gasteiger partial charge in [-0.3, -0.25) is 0 Å². The summed E-state index contributed by atoms with van der Waals surface area (Å²) in [4.78, 5) is 14.6. The average molecular weight is 338 g/mol. The highest BCUT2D eigenvalue weighted by Crippen LogP contribution is 2.33. The number of amides is 2. The molecule has 4 heteroatoms. The van der Waals surface area contributed by atoms with Crippen LogP contribution in [-0.4, -0.2) is 24.0 Å². The number of nitrogens with zero attached hydrogens (tertiary/aromatic N) is 1. The summed E-state index contributed by atoms with van der Waals surface area (Å²) in [6.07, 6.45) is 4.35. The molecule has 0 fully saturated rings. The lowest BCUT2D eigenvalue weighted by Crippen LogP contribution is -2.46. The van der Waals surface area contributed by atoms with Crippen LogP contribution in [0.25, 0.3) is 0 Å². The number of aryl methyl sites for hydroxylation is 1. The Morgan fingerprint density at radius 3 is 2.72 bits per heavy atom. The Kier molecular flexibility index (Phi) is 4.20. The first-order valence-corrected chi connectivity index (χ1v) is 9.01. The van der Waals surface area contributed by atoms with Crippen molar-refractivity contribution in [2.75, 3.05) is 7.05 Å². The van der Waals surface area contributed by atoms with Crippen molar-refractivity contribution in [3.8, 4) is 0 Å². The maximum atomic E-state index is 13.9. The molecule has 3 nitrogen and oxygen atoms in total. The molecule has 2 atom stereocenters. The van der Waals surface area contributed by atoms with Crippen LogP contribution in [-0.2, 0) is 19.3 Å². The predicted octanol–water partition coefficient (Wildman–Crippen LogP) is 4.01.